The van der Waals surface area contributed by atoms with Crippen molar-refractivity contribution in [2.75, 3.05) is 5.32 Å². The molecule has 2 aromatic carbocycles. The van der Waals surface area contributed by atoms with Crippen molar-refractivity contribution in [2.45, 2.75) is 13.8 Å². The summed E-state index contributed by atoms with van der Waals surface area (Å²) in [6, 6.07) is 13.1. The van der Waals surface area contributed by atoms with Crippen LogP contribution in [0.3, 0.4) is 0 Å². The SMILES string of the molecule is [H]/N=C/Nc1cc(C)c(Oc2ccn(-c3ccc(Cl)cc3)n2)cc1C. The molecule has 0 spiro atoms. The molecule has 3 aromatic rings. The van der Waals surface area contributed by atoms with Crippen LogP contribution in [0.5, 0.6) is 11.6 Å². The van der Waals surface area contributed by atoms with Crippen LogP contribution in [-0.4, -0.2) is 16.1 Å². The molecule has 0 atom stereocenters. The molecule has 0 radical (unpaired) electrons. The first-order valence-corrected chi connectivity index (χ1v) is 7.78. The van der Waals surface area contributed by atoms with Crippen LogP contribution < -0.4 is 10.1 Å². The van der Waals surface area contributed by atoms with E-state index >= 15 is 0 Å². The lowest BCUT2D eigenvalue weighted by atomic mass is 10.1. The third-order valence-corrected chi connectivity index (χ3v) is 3.86. The smallest absolute Gasteiger partial charge is 0.238 e. The third kappa shape index (κ3) is 3.41. The number of anilines is 1. The molecule has 24 heavy (non-hydrogen) atoms. The Morgan fingerprint density at radius 3 is 2.75 bits per heavy atom. The van der Waals surface area contributed by atoms with E-state index in [-0.39, 0.29) is 0 Å². The largest absolute Gasteiger partial charge is 0.437 e. The molecular weight excluding hydrogens is 324 g/mol. The molecule has 0 saturated carbocycles. The lowest BCUT2D eigenvalue weighted by molar-refractivity contribution is 0.454. The fraction of sp³-hybridized carbons (Fsp3) is 0.111. The zero-order chi connectivity index (χ0) is 17.8. The zero-order valence-corrected chi connectivity index (χ0v) is 14.1. The lowest BCUT2D eigenvalue weighted by Gasteiger charge is -2.11. The molecule has 0 aliphatic heterocycles. The average molecular weight is 341 g/mol. The van der Waals surface area contributed by atoms with Gasteiger partial charge in [0.2, 0.25) is 5.88 Å². The highest BCUT2D eigenvalue weighted by molar-refractivity contribution is 6.30. The minimum absolute atomic E-state index is 0.505. The second-order valence-corrected chi connectivity index (χ2v) is 5.82. The summed E-state index contributed by atoms with van der Waals surface area (Å²) in [4.78, 5) is 0. The van der Waals surface area contributed by atoms with Crippen LogP contribution >= 0.6 is 11.6 Å². The van der Waals surface area contributed by atoms with Crippen LogP contribution in [-0.2, 0) is 0 Å². The summed E-state index contributed by atoms with van der Waals surface area (Å²) in [6.45, 7) is 3.91. The molecule has 122 valence electrons. The first kappa shape index (κ1) is 14.8. The standard InChI is InChI=1S/C18H17ClN4O/c1-12-10-17(13(2)9-16(12)21-11-20)24-18-7-8-23(22-18)15-5-3-14(19)4-6-15/h3-11H,1-2H3,(H2,20,21). The van der Waals surface area contributed by atoms with Crippen LogP contribution in [0.1, 0.15) is 11.1 Å². The molecule has 0 aliphatic carbocycles. The van der Waals surface area contributed by atoms with Crippen molar-refractivity contribution in [1.82, 2.24) is 9.78 Å². The third-order valence-electron chi connectivity index (χ3n) is 3.61. The van der Waals surface area contributed by atoms with E-state index in [9.17, 15) is 0 Å². The van der Waals surface area contributed by atoms with Crippen molar-refractivity contribution in [3.63, 3.8) is 0 Å². The second-order valence-electron chi connectivity index (χ2n) is 5.38. The molecule has 5 nitrogen and oxygen atoms in total. The summed E-state index contributed by atoms with van der Waals surface area (Å²) in [5.74, 6) is 1.23. The fourth-order valence-electron chi connectivity index (χ4n) is 2.34. The van der Waals surface area contributed by atoms with Gasteiger partial charge in [-0.1, -0.05) is 11.6 Å². The molecule has 2 N–H and O–H groups in total. The number of benzene rings is 2. The summed E-state index contributed by atoms with van der Waals surface area (Å²) >= 11 is 5.91. The van der Waals surface area contributed by atoms with E-state index in [2.05, 4.69) is 15.8 Å². The van der Waals surface area contributed by atoms with Gasteiger partial charge < -0.3 is 10.1 Å². The molecule has 0 saturated heterocycles. The van der Waals surface area contributed by atoms with Crippen LogP contribution in [0.25, 0.3) is 5.69 Å². The molecule has 0 fully saturated rings. The predicted octanol–water partition coefficient (Wildman–Crippen LogP) is 4.95. The predicted molar refractivity (Wildman–Crippen MR) is 97.0 cm³/mol. The van der Waals surface area contributed by atoms with Crippen LogP contribution in [0.2, 0.25) is 6.43 Å². The van der Waals surface area contributed by atoms with Gasteiger partial charge in [-0.3, -0.25) is 5.40 Å². The summed E-state index contributed by atoms with van der Waals surface area (Å²) in [7, 11) is 0. The average Bonchev–Trinajstić information content (AvgIpc) is 3.06. The number of hydrogen-bond donors (Lipinski definition) is 2. The van der Waals surface area contributed by atoms with Crippen molar-refractivity contribution in [3.8, 4) is 17.3 Å². The maximum absolute atomic E-state index is 6.82. The van der Waals surface area contributed by atoms with Gasteiger partial charge in [0.15, 0.2) is 1.41 Å². The van der Waals surface area contributed by atoms with Gasteiger partial charge in [-0.25, -0.2) is 4.68 Å². The molecule has 1 heterocycles. The van der Waals surface area contributed by atoms with Crippen LogP contribution in [0, 0.1) is 19.2 Å². The first-order chi connectivity index (χ1) is 12.1. The highest BCUT2D eigenvalue weighted by atomic mass is 35.5. The van der Waals surface area contributed by atoms with E-state index in [0.717, 1.165) is 28.3 Å². The van der Waals surface area contributed by atoms with E-state index in [1.165, 1.54) is 6.34 Å². The van der Waals surface area contributed by atoms with Gasteiger partial charge in [-0.05, 0) is 61.4 Å². The van der Waals surface area contributed by atoms with E-state index < -0.39 is 0 Å². The Labute approximate surface area is 146 Å². The van der Waals surface area contributed by atoms with Gasteiger partial charge in [-0.2, -0.15) is 0 Å². The number of ether oxygens (including phenoxy) is 1. The number of halogens is 1. The maximum atomic E-state index is 6.82. The number of hydrogen-bond acceptors (Lipinski definition) is 3. The first-order valence-electron chi connectivity index (χ1n) is 7.84. The van der Waals surface area contributed by atoms with Crippen molar-refractivity contribution in [3.05, 3.63) is 64.8 Å². The Bertz CT molecular complexity index is 906. The van der Waals surface area contributed by atoms with Gasteiger partial charge in [0.25, 0.3) is 0 Å². The van der Waals surface area contributed by atoms with E-state index in [4.69, 9.17) is 17.7 Å². The number of nitrogens with zero attached hydrogens (tertiary/aromatic N) is 2. The number of aromatic nitrogens is 2. The zero-order valence-electron chi connectivity index (χ0n) is 14.3. The molecule has 1 aromatic heterocycles. The van der Waals surface area contributed by atoms with E-state index in [1.807, 2.05) is 62.5 Å². The normalized spacial score (nSPS) is 11.5. The van der Waals surface area contributed by atoms with Crippen LogP contribution in [0.15, 0.2) is 48.7 Å². The molecule has 0 aliphatic rings. The Kier molecular flexibility index (Phi) is 4.16. The Morgan fingerprint density at radius 1 is 1.21 bits per heavy atom. The van der Waals surface area contributed by atoms with Gasteiger partial charge >= 0.3 is 0 Å². The minimum atomic E-state index is 0.505. The molecule has 6 heteroatoms. The number of nitrogens with one attached hydrogen (secondary N) is 2. The Morgan fingerprint density at radius 2 is 2.00 bits per heavy atom. The van der Waals surface area contributed by atoms with Crippen molar-refractivity contribution in [2.24, 2.45) is 0 Å². The van der Waals surface area contributed by atoms with Crippen molar-refractivity contribution in [1.29, 1.82) is 5.40 Å². The van der Waals surface area contributed by atoms with Crippen LogP contribution in [0.4, 0.5) is 5.69 Å². The van der Waals surface area contributed by atoms with E-state index in [0.29, 0.717) is 10.9 Å². The lowest BCUT2D eigenvalue weighted by Crippen LogP contribution is -1.99. The van der Waals surface area contributed by atoms with Gasteiger partial charge in [-0.15, -0.1) is 5.10 Å². The monoisotopic (exact) mass is 340 g/mol. The van der Waals surface area contributed by atoms with Crippen molar-refractivity contribution >= 4 is 23.6 Å². The summed E-state index contributed by atoms with van der Waals surface area (Å²) in [6.07, 6.45) is 3.16. The van der Waals surface area contributed by atoms with Gasteiger partial charge in [0, 0.05) is 23.0 Å². The topological polar surface area (TPSA) is 62.9 Å². The van der Waals surface area contributed by atoms with Crippen molar-refractivity contribution < 1.29 is 6.15 Å². The minimum Gasteiger partial charge on any atom is -0.437 e. The molecule has 0 amide bonds. The summed E-state index contributed by atoms with van der Waals surface area (Å²) in [5.41, 5.74) is 3.72. The quantitative estimate of drug-likeness (QED) is 0.510. The second kappa shape index (κ2) is 6.76. The number of rotatable bonds is 5. The molecule has 0 bridgehead atoms. The Hall–Kier alpha value is -2.79. The molecular formula is C18H17ClN4O. The highest BCUT2D eigenvalue weighted by Crippen LogP contribution is 2.29. The Balaban J connectivity index is 1.81. The van der Waals surface area contributed by atoms with Gasteiger partial charge in [0.1, 0.15) is 5.75 Å². The fourth-order valence-corrected chi connectivity index (χ4v) is 2.46. The maximum Gasteiger partial charge on any atom is 0.238 e. The molecule has 0 unspecified atom stereocenters. The number of aryl methyl sites for hydroxylation is 2. The summed E-state index contributed by atoms with van der Waals surface area (Å²) in [5, 5.41) is 11.3. The summed E-state index contributed by atoms with van der Waals surface area (Å²) < 4.78 is 14.5. The van der Waals surface area contributed by atoms with E-state index in [1.54, 1.807) is 4.68 Å². The van der Waals surface area contributed by atoms with Gasteiger partial charge in [0.05, 0.1) is 12.0 Å². The highest BCUT2D eigenvalue weighted by Gasteiger charge is 2.09. The molecule has 3 rings (SSSR count).